The highest BCUT2D eigenvalue weighted by Gasteiger charge is 2.33. The molecule has 0 atom stereocenters. The fourth-order valence-electron chi connectivity index (χ4n) is 1.71. The van der Waals surface area contributed by atoms with Crippen LogP contribution in [0.2, 0.25) is 0 Å². The van der Waals surface area contributed by atoms with Crippen molar-refractivity contribution >= 4 is 5.91 Å². The van der Waals surface area contributed by atoms with Crippen LogP contribution in [0.25, 0.3) is 0 Å². The summed E-state index contributed by atoms with van der Waals surface area (Å²) in [6.45, 7) is 5.53. The summed E-state index contributed by atoms with van der Waals surface area (Å²) in [4.78, 5) is 11.6. The van der Waals surface area contributed by atoms with E-state index in [4.69, 9.17) is 4.74 Å². The molecule has 1 saturated heterocycles. The largest absolute Gasteiger partial charge is 0.394 e. The molecule has 5 heteroatoms. The third kappa shape index (κ3) is 3.92. The molecule has 0 saturated carbocycles. The number of rotatable bonds is 6. The number of nitrogens with one attached hydrogen (secondary N) is 2. The lowest BCUT2D eigenvalue weighted by molar-refractivity contribution is -0.124. The second kappa shape index (κ2) is 6.62. The van der Waals surface area contributed by atoms with Crippen LogP contribution in [-0.2, 0) is 9.53 Å². The predicted molar refractivity (Wildman–Crippen MR) is 61.1 cm³/mol. The maximum Gasteiger partial charge on any atom is 0.234 e. The summed E-state index contributed by atoms with van der Waals surface area (Å²) in [6, 6.07) is 0. The van der Waals surface area contributed by atoms with Gasteiger partial charge in [-0.25, -0.2) is 0 Å². The van der Waals surface area contributed by atoms with Crippen LogP contribution in [0.1, 0.15) is 12.8 Å². The molecule has 1 heterocycles. The molecule has 0 spiro atoms. The van der Waals surface area contributed by atoms with Crippen molar-refractivity contribution in [3.05, 3.63) is 12.7 Å². The minimum Gasteiger partial charge on any atom is -0.394 e. The molecule has 0 aromatic carbocycles. The molecule has 1 amide bonds. The Kier molecular flexibility index (Phi) is 5.45. The van der Waals surface area contributed by atoms with Gasteiger partial charge >= 0.3 is 0 Å². The van der Waals surface area contributed by atoms with Gasteiger partial charge in [0.1, 0.15) is 0 Å². The Balaban J connectivity index is 2.36. The summed E-state index contributed by atoms with van der Waals surface area (Å²) < 4.78 is 5.22. The Bertz CT molecular complexity index is 237. The minimum atomic E-state index is -0.495. The van der Waals surface area contributed by atoms with Gasteiger partial charge in [-0.15, -0.1) is 6.58 Å². The van der Waals surface area contributed by atoms with Gasteiger partial charge in [-0.3, -0.25) is 4.79 Å². The van der Waals surface area contributed by atoms with Gasteiger partial charge < -0.3 is 20.5 Å². The van der Waals surface area contributed by atoms with Gasteiger partial charge in [0.05, 0.1) is 18.7 Å². The lowest BCUT2D eigenvalue weighted by Gasteiger charge is -2.36. The summed E-state index contributed by atoms with van der Waals surface area (Å²) in [5.41, 5.74) is -0.495. The van der Waals surface area contributed by atoms with Crippen molar-refractivity contribution in [3.63, 3.8) is 0 Å². The van der Waals surface area contributed by atoms with E-state index >= 15 is 0 Å². The first kappa shape index (κ1) is 13.2. The molecule has 1 fully saturated rings. The molecule has 1 aliphatic rings. The van der Waals surface area contributed by atoms with Crippen LogP contribution in [0.3, 0.4) is 0 Å². The van der Waals surface area contributed by atoms with Crippen molar-refractivity contribution < 1.29 is 14.6 Å². The van der Waals surface area contributed by atoms with Gasteiger partial charge in [0.25, 0.3) is 0 Å². The quantitative estimate of drug-likeness (QED) is 0.420. The van der Waals surface area contributed by atoms with E-state index in [-0.39, 0.29) is 19.1 Å². The standard InChI is InChI=1S/C11H20N2O3/c1-2-5-12-8-10(15)13-11(9-14)3-6-16-7-4-11/h2,12,14H,1,3-9H2,(H,13,15). The molecule has 0 radical (unpaired) electrons. The monoisotopic (exact) mass is 228 g/mol. The third-order valence-electron chi connectivity index (χ3n) is 2.73. The second-order valence-corrected chi connectivity index (χ2v) is 4.02. The van der Waals surface area contributed by atoms with Gasteiger partial charge in [-0.2, -0.15) is 0 Å². The summed E-state index contributed by atoms with van der Waals surface area (Å²) in [7, 11) is 0. The summed E-state index contributed by atoms with van der Waals surface area (Å²) >= 11 is 0. The summed E-state index contributed by atoms with van der Waals surface area (Å²) in [5, 5.41) is 15.2. The fraction of sp³-hybridized carbons (Fsp3) is 0.727. The Morgan fingerprint density at radius 1 is 1.50 bits per heavy atom. The van der Waals surface area contributed by atoms with Gasteiger partial charge in [0.15, 0.2) is 0 Å². The Labute approximate surface area is 95.9 Å². The van der Waals surface area contributed by atoms with E-state index in [1.165, 1.54) is 0 Å². The van der Waals surface area contributed by atoms with Crippen molar-refractivity contribution in [1.82, 2.24) is 10.6 Å². The number of aliphatic hydroxyl groups is 1. The third-order valence-corrected chi connectivity index (χ3v) is 2.73. The fourth-order valence-corrected chi connectivity index (χ4v) is 1.71. The molecule has 5 nitrogen and oxygen atoms in total. The van der Waals surface area contributed by atoms with E-state index in [0.717, 1.165) is 0 Å². The molecule has 0 bridgehead atoms. The van der Waals surface area contributed by atoms with Crippen molar-refractivity contribution in [2.75, 3.05) is 32.9 Å². The smallest absolute Gasteiger partial charge is 0.234 e. The Morgan fingerprint density at radius 2 is 2.19 bits per heavy atom. The number of carbonyl (C=O) groups is 1. The average Bonchev–Trinajstić information content (AvgIpc) is 2.30. The van der Waals surface area contributed by atoms with Gasteiger partial charge in [0, 0.05) is 19.8 Å². The van der Waals surface area contributed by atoms with Crippen molar-refractivity contribution in [2.24, 2.45) is 0 Å². The lowest BCUT2D eigenvalue weighted by Crippen LogP contribution is -2.56. The molecular formula is C11H20N2O3. The van der Waals surface area contributed by atoms with E-state index in [9.17, 15) is 9.90 Å². The van der Waals surface area contributed by atoms with Gasteiger partial charge in [0.2, 0.25) is 5.91 Å². The minimum absolute atomic E-state index is 0.0381. The van der Waals surface area contributed by atoms with E-state index in [0.29, 0.717) is 32.6 Å². The Morgan fingerprint density at radius 3 is 2.75 bits per heavy atom. The number of hydrogen-bond donors (Lipinski definition) is 3. The molecule has 0 aromatic rings. The lowest BCUT2D eigenvalue weighted by atomic mass is 9.91. The van der Waals surface area contributed by atoms with Crippen LogP contribution >= 0.6 is 0 Å². The number of hydrogen-bond acceptors (Lipinski definition) is 4. The highest BCUT2D eigenvalue weighted by Crippen LogP contribution is 2.19. The van der Waals surface area contributed by atoms with Crippen LogP contribution < -0.4 is 10.6 Å². The van der Waals surface area contributed by atoms with Crippen molar-refractivity contribution in [1.29, 1.82) is 0 Å². The number of amides is 1. The molecule has 3 N–H and O–H groups in total. The normalized spacial score (nSPS) is 19.1. The molecule has 0 aliphatic carbocycles. The molecule has 0 aromatic heterocycles. The van der Waals surface area contributed by atoms with Crippen molar-refractivity contribution in [3.8, 4) is 0 Å². The zero-order chi connectivity index (χ0) is 11.9. The molecular weight excluding hydrogens is 208 g/mol. The highest BCUT2D eigenvalue weighted by molar-refractivity contribution is 5.78. The molecule has 92 valence electrons. The average molecular weight is 228 g/mol. The zero-order valence-corrected chi connectivity index (χ0v) is 9.50. The van der Waals surface area contributed by atoms with E-state index in [1.807, 2.05) is 0 Å². The first-order valence-electron chi connectivity index (χ1n) is 5.54. The number of ether oxygens (including phenoxy) is 1. The van der Waals surface area contributed by atoms with Gasteiger partial charge in [-0.05, 0) is 12.8 Å². The summed E-state index contributed by atoms with van der Waals surface area (Å²) in [6.07, 6.45) is 3.02. The zero-order valence-electron chi connectivity index (χ0n) is 9.50. The first-order chi connectivity index (χ1) is 7.72. The van der Waals surface area contributed by atoms with Crippen molar-refractivity contribution in [2.45, 2.75) is 18.4 Å². The molecule has 1 aliphatic heterocycles. The first-order valence-corrected chi connectivity index (χ1v) is 5.54. The highest BCUT2D eigenvalue weighted by atomic mass is 16.5. The van der Waals surface area contributed by atoms with Crippen LogP contribution in [-0.4, -0.2) is 49.5 Å². The van der Waals surface area contributed by atoms with Crippen LogP contribution in [0, 0.1) is 0 Å². The topological polar surface area (TPSA) is 70.6 Å². The maximum absolute atomic E-state index is 11.6. The number of carbonyl (C=O) groups excluding carboxylic acids is 1. The van der Waals surface area contributed by atoms with Crippen LogP contribution in [0.4, 0.5) is 0 Å². The predicted octanol–water partition coefficient (Wildman–Crippen LogP) is -0.580. The second-order valence-electron chi connectivity index (χ2n) is 4.02. The van der Waals surface area contributed by atoms with Gasteiger partial charge in [-0.1, -0.05) is 6.08 Å². The van der Waals surface area contributed by atoms with Crippen LogP contribution in [0.5, 0.6) is 0 Å². The summed E-state index contributed by atoms with van der Waals surface area (Å²) in [5.74, 6) is -0.0993. The molecule has 1 rings (SSSR count). The van der Waals surface area contributed by atoms with Crippen LogP contribution in [0.15, 0.2) is 12.7 Å². The molecule has 0 unspecified atom stereocenters. The van der Waals surface area contributed by atoms with E-state index < -0.39 is 5.54 Å². The SMILES string of the molecule is C=CCNCC(=O)NC1(CO)CCOCC1. The Hall–Kier alpha value is -0.910. The molecule has 16 heavy (non-hydrogen) atoms. The number of aliphatic hydroxyl groups excluding tert-OH is 1. The van der Waals surface area contributed by atoms with E-state index in [1.54, 1.807) is 6.08 Å². The maximum atomic E-state index is 11.6. The van der Waals surface area contributed by atoms with E-state index in [2.05, 4.69) is 17.2 Å².